The van der Waals surface area contributed by atoms with Crippen molar-refractivity contribution in [2.45, 2.75) is 71.3 Å². The number of hydrogen-bond acceptors (Lipinski definition) is 1. The van der Waals surface area contributed by atoms with E-state index in [1.54, 1.807) is 5.57 Å². The standard InChI is InChI=1S/C19H30O/c1-12-3-5-16-15(12)7-8-18-17(16)6-4-13-11-14(20)9-10-19(13,18)2/h11-12,14-18,20H,3-10H2,1-2H3/t12?,14?,15?,16?,17?,18?,19-/m0/s1. The zero-order valence-electron chi connectivity index (χ0n) is 13.1. The minimum Gasteiger partial charge on any atom is -0.389 e. The first-order valence-corrected chi connectivity index (χ1v) is 8.99. The van der Waals surface area contributed by atoms with Crippen LogP contribution in [-0.4, -0.2) is 11.2 Å². The highest BCUT2D eigenvalue weighted by Crippen LogP contribution is 2.62. The molecule has 6 unspecified atom stereocenters. The van der Waals surface area contributed by atoms with Crippen LogP contribution in [0.5, 0.6) is 0 Å². The van der Waals surface area contributed by atoms with Crippen molar-refractivity contribution in [3.63, 3.8) is 0 Å². The number of hydrogen-bond donors (Lipinski definition) is 1. The summed E-state index contributed by atoms with van der Waals surface area (Å²) in [6.45, 7) is 5.03. The lowest BCUT2D eigenvalue weighted by molar-refractivity contribution is -0.0131. The van der Waals surface area contributed by atoms with E-state index in [2.05, 4.69) is 19.9 Å². The molecule has 7 atom stereocenters. The molecule has 0 aliphatic heterocycles. The average molecular weight is 274 g/mol. The number of allylic oxidation sites excluding steroid dienone is 1. The van der Waals surface area contributed by atoms with Gasteiger partial charge in [-0.3, -0.25) is 0 Å². The van der Waals surface area contributed by atoms with Gasteiger partial charge in [0.25, 0.3) is 0 Å². The molecule has 0 aromatic carbocycles. The predicted molar refractivity (Wildman–Crippen MR) is 82.3 cm³/mol. The summed E-state index contributed by atoms with van der Waals surface area (Å²) >= 11 is 0. The molecular formula is C19H30O. The maximum Gasteiger partial charge on any atom is 0.0724 e. The molecule has 0 amide bonds. The van der Waals surface area contributed by atoms with Crippen LogP contribution in [0.1, 0.15) is 65.2 Å². The second-order valence-electron chi connectivity index (χ2n) is 8.48. The van der Waals surface area contributed by atoms with E-state index in [1.165, 1.54) is 44.9 Å². The Morgan fingerprint density at radius 1 is 1.00 bits per heavy atom. The summed E-state index contributed by atoms with van der Waals surface area (Å²) in [5.41, 5.74) is 2.04. The Kier molecular flexibility index (Phi) is 3.07. The molecule has 112 valence electrons. The van der Waals surface area contributed by atoms with Crippen molar-refractivity contribution < 1.29 is 5.11 Å². The maximum absolute atomic E-state index is 9.97. The molecule has 0 aromatic rings. The Labute approximate surface area is 123 Å². The molecule has 0 radical (unpaired) electrons. The van der Waals surface area contributed by atoms with Crippen molar-refractivity contribution in [1.29, 1.82) is 0 Å². The summed E-state index contributed by atoms with van der Waals surface area (Å²) in [4.78, 5) is 0. The minimum absolute atomic E-state index is 0.155. The van der Waals surface area contributed by atoms with Crippen molar-refractivity contribution in [2.24, 2.45) is 35.0 Å². The first-order valence-electron chi connectivity index (χ1n) is 8.99. The normalized spacial score (nSPS) is 54.6. The number of aliphatic hydroxyl groups is 1. The van der Waals surface area contributed by atoms with Crippen LogP contribution in [0, 0.1) is 35.0 Å². The Balaban J connectivity index is 1.64. The quantitative estimate of drug-likeness (QED) is 0.642. The second-order valence-corrected chi connectivity index (χ2v) is 8.48. The Morgan fingerprint density at radius 3 is 2.65 bits per heavy atom. The van der Waals surface area contributed by atoms with Crippen LogP contribution >= 0.6 is 0 Å². The molecule has 4 aliphatic rings. The zero-order chi connectivity index (χ0) is 13.9. The number of fused-ring (bicyclic) bond motifs is 5. The SMILES string of the molecule is CC1CCC2C1CCC1C2CCC2=CC(O)CC[C@@]21C. The maximum atomic E-state index is 9.97. The van der Waals surface area contributed by atoms with Gasteiger partial charge in [0.1, 0.15) is 0 Å². The third-order valence-electron chi connectivity index (χ3n) is 7.77. The van der Waals surface area contributed by atoms with Crippen LogP contribution in [0.4, 0.5) is 0 Å². The van der Waals surface area contributed by atoms with E-state index in [1.807, 2.05) is 0 Å². The third kappa shape index (κ3) is 1.78. The van der Waals surface area contributed by atoms with Gasteiger partial charge in [0.15, 0.2) is 0 Å². The molecule has 1 N–H and O–H groups in total. The van der Waals surface area contributed by atoms with Crippen molar-refractivity contribution in [3.05, 3.63) is 11.6 Å². The highest BCUT2D eigenvalue weighted by atomic mass is 16.3. The summed E-state index contributed by atoms with van der Waals surface area (Å²) in [6, 6.07) is 0. The molecule has 0 spiro atoms. The smallest absolute Gasteiger partial charge is 0.0724 e. The van der Waals surface area contributed by atoms with Gasteiger partial charge in [-0.25, -0.2) is 0 Å². The Morgan fingerprint density at radius 2 is 1.80 bits per heavy atom. The number of rotatable bonds is 0. The van der Waals surface area contributed by atoms with E-state index in [0.717, 1.165) is 36.0 Å². The molecule has 1 nitrogen and oxygen atoms in total. The van der Waals surface area contributed by atoms with Crippen molar-refractivity contribution in [3.8, 4) is 0 Å². The second kappa shape index (κ2) is 4.60. The van der Waals surface area contributed by atoms with Gasteiger partial charge >= 0.3 is 0 Å². The van der Waals surface area contributed by atoms with E-state index < -0.39 is 0 Å². The Bertz CT molecular complexity index is 425. The zero-order valence-corrected chi connectivity index (χ0v) is 13.1. The predicted octanol–water partition coefficient (Wildman–Crippen LogP) is 4.56. The van der Waals surface area contributed by atoms with Crippen molar-refractivity contribution in [2.75, 3.05) is 0 Å². The van der Waals surface area contributed by atoms with Crippen LogP contribution in [0.15, 0.2) is 11.6 Å². The van der Waals surface area contributed by atoms with Crippen LogP contribution < -0.4 is 0 Å². The van der Waals surface area contributed by atoms with E-state index >= 15 is 0 Å². The number of aliphatic hydroxyl groups excluding tert-OH is 1. The lowest BCUT2D eigenvalue weighted by atomic mass is 9.49. The molecule has 0 heterocycles. The van der Waals surface area contributed by atoms with E-state index in [9.17, 15) is 5.11 Å². The minimum atomic E-state index is -0.155. The van der Waals surface area contributed by atoms with Gasteiger partial charge in [-0.1, -0.05) is 31.9 Å². The molecule has 0 bridgehead atoms. The average Bonchev–Trinajstić information content (AvgIpc) is 2.82. The fourth-order valence-electron chi connectivity index (χ4n) is 6.66. The third-order valence-corrected chi connectivity index (χ3v) is 7.77. The van der Waals surface area contributed by atoms with E-state index in [-0.39, 0.29) is 6.10 Å². The highest BCUT2D eigenvalue weighted by molar-refractivity contribution is 5.24. The first-order chi connectivity index (χ1) is 9.59. The van der Waals surface area contributed by atoms with Gasteiger partial charge in [0.2, 0.25) is 0 Å². The monoisotopic (exact) mass is 274 g/mol. The van der Waals surface area contributed by atoms with Gasteiger partial charge in [0, 0.05) is 0 Å². The fraction of sp³-hybridized carbons (Fsp3) is 0.895. The first kappa shape index (κ1) is 13.4. The Hall–Kier alpha value is -0.300. The van der Waals surface area contributed by atoms with Crippen molar-refractivity contribution in [1.82, 2.24) is 0 Å². The molecule has 0 saturated heterocycles. The van der Waals surface area contributed by atoms with E-state index in [4.69, 9.17) is 0 Å². The fourth-order valence-corrected chi connectivity index (χ4v) is 6.66. The molecule has 4 rings (SSSR count). The molecule has 3 saturated carbocycles. The van der Waals surface area contributed by atoms with Crippen molar-refractivity contribution >= 4 is 0 Å². The summed E-state index contributed by atoms with van der Waals surface area (Å²) in [6.07, 6.45) is 12.9. The molecule has 1 heteroatoms. The molecule has 3 fully saturated rings. The highest BCUT2D eigenvalue weighted by Gasteiger charge is 2.53. The molecule has 20 heavy (non-hydrogen) atoms. The van der Waals surface area contributed by atoms with Gasteiger partial charge in [-0.2, -0.15) is 0 Å². The van der Waals surface area contributed by atoms with Crippen LogP contribution in [-0.2, 0) is 0 Å². The topological polar surface area (TPSA) is 20.2 Å². The van der Waals surface area contributed by atoms with Gasteiger partial charge in [-0.05, 0) is 80.0 Å². The molecule has 0 aromatic heterocycles. The lowest BCUT2D eigenvalue weighted by Crippen LogP contribution is -2.47. The summed E-state index contributed by atoms with van der Waals surface area (Å²) in [7, 11) is 0. The van der Waals surface area contributed by atoms with E-state index in [0.29, 0.717) is 5.41 Å². The summed E-state index contributed by atoms with van der Waals surface area (Å²) in [5, 5.41) is 9.97. The molecule has 4 aliphatic carbocycles. The van der Waals surface area contributed by atoms with Crippen LogP contribution in [0.2, 0.25) is 0 Å². The lowest BCUT2D eigenvalue weighted by Gasteiger charge is -2.55. The largest absolute Gasteiger partial charge is 0.389 e. The van der Waals surface area contributed by atoms with Gasteiger partial charge < -0.3 is 5.11 Å². The van der Waals surface area contributed by atoms with Crippen LogP contribution in [0.25, 0.3) is 0 Å². The van der Waals surface area contributed by atoms with Gasteiger partial charge in [-0.15, -0.1) is 0 Å². The van der Waals surface area contributed by atoms with Gasteiger partial charge in [0.05, 0.1) is 6.10 Å². The van der Waals surface area contributed by atoms with Crippen LogP contribution in [0.3, 0.4) is 0 Å². The molecular weight excluding hydrogens is 244 g/mol. The summed E-state index contributed by atoms with van der Waals surface area (Å²) < 4.78 is 0. The summed E-state index contributed by atoms with van der Waals surface area (Å²) in [5.74, 6) is 4.98.